The molecule has 0 nitrogen and oxygen atoms in total. The first-order chi connectivity index (χ1) is 12.8. The highest BCUT2D eigenvalue weighted by Crippen LogP contribution is 2.45. The smallest absolute Gasteiger partial charge is 0.206 e. The molecule has 2 aliphatic carbocycles. The van der Waals surface area contributed by atoms with Crippen molar-refractivity contribution in [1.82, 2.24) is 0 Å². The Bertz CT molecular complexity index is 643. The first-order valence-corrected chi connectivity index (χ1v) is 10.1. The summed E-state index contributed by atoms with van der Waals surface area (Å²) < 4.78 is 65.9. The van der Waals surface area contributed by atoms with E-state index in [9.17, 15) is 22.0 Å². The van der Waals surface area contributed by atoms with Gasteiger partial charge in [-0.25, -0.2) is 8.78 Å². The van der Waals surface area contributed by atoms with Gasteiger partial charge in [0.25, 0.3) is 0 Å². The molecule has 0 spiro atoms. The van der Waals surface area contributed by atoms with E-state index >= 15 is 0 Å². The van der Waals surface area contributed by atoms with Gasteiger partial charge in [-0.3, -0.25) is 0 Å². The Labute approximate surface area is 161 Å². The summed E-state index contributed by atoms with van der Waals surface area (Å²) in [6.45, 7) is 0. The lowest BCUT2D eigenvalue weighted by molar-refractivity contribution is -0.142. The molecule has 0 aromatic heterocycles. The third-order valence-corrected chi connectivity index (χ3v) is 6.56. The summed E-state index contributed by atoms with van der Waals surface area (Å²) in [5, 5.41) is 0. The average molecular weight is 407 g/mol. The molecule has 0 heterocycles. The monoisotopic (exact) mass is 406 g/mol. The minimum atomic E-state index is -5.01. The summed E-state index contributed by atoms with van der Waals surface area (Å²) in [4.78, 5) is 0. The van der Waals surface area contributed by atoms with Crippen molar-refractivity contribution in [2.45, 2.75) is 63.5 Å². The Morgan fingerprint density at radius 2 is 1.30 bits per heavy atom. The Kier molecular flexibility index (Phi) is 6.50. The van der Waals surface area contributed by atoms with Crippen LogP contribution in [0.4, 0.5) is 22.0 Å². The van der Waals surface area contributed by atoms with Gasteiger partial charge < -0.3 is 0 Å². The van der Waals surface area contributed by atoms with Crippen molar-refractivity contribution < 1.29 is 22.0 Å². The molecule has 0 bridgehead atoms. The summed E-state index contributed by atoms with van der Waals surface area (Å²) >= 11 is 5.65. The van der Waals surface area contributed by atoms with E-state index in [2.05, 4.69) is 6.08 Å². The Morgan fingerprint density at radius 1 is 0.815 bits per heavy atom. The zero-order chi connectivity index (χ0) is 19.6. The molecular formula is C21H24ClF5. The first kappa shape index (κ1) is 20.6. The van der Waals surface area contributed by atoms with Crippen molar-refractivity contribution in [1.29, 1.82) is 0 Å². The number of alkyl halides is 3. The Balaban J connectivity index is 1.60. The minimum Gasteiger partial charge on any atom is -0.206 e. The fourth-order valence-electron chi connectivity index (χ4n) is 4.93. The number of rotatable bonds is 3. The normalized spacial score (nSPS) is 30.0. The van der Waals surface area contributed by atoms with Crippen LogP contribution in [-0.2, 0) is 6.18 Å². The highest BCUT2D eigenvalue weighted by Gasteiger charge is 2.38. The molecule has 0 N–H and O–H groups in total. The lowest BCUT2D eigenvalue weighted by Gasteiger charge is -2.37. The SMILES string of the molecule is Fc1cc(C2CCC(C3CCC(C=CCl)CC3)CC2)cc(F)c1C(F)(F)F. The van der Waals surface area contributed by atoms with E-state index in [1.54, 1.807) is 5.54 Å². The second kappa shape index (κ2) is 8.50. The van der Waals surface area contributed by atoms with Crippen LogP contribution in [0.25, 0.3) is 0 Å². The van der Waals surface area contributed by atoms with E-state index in [4.69, 9.17) is 11.6 Å². The van der Waals surface area contributed by atoms with Crippen LogP contribution in [0.5, 0.6) is 0 Å². The highest BCUT2D eigenvalue weighted by molar-refractivity contribution is 6.25. The van der Waals surface area contributed by atoms with E-state index in [0.29, 0.717) is 23.3 Å². The molecule has 0 atom stereocenters. The van der Waals surface area contributed by atoms with E-state index in [0.717, 1.165) is 50.7 Å². The molecule has 0 amide bonds. The maximum Gasteiger partial charge on any atom is 0.422 e. The number of hydrogen-bond acceptors (Lipinski definition) is 0. The van der Waals surface area contributed by atoms with Crippen molar-refractivity contribution in [2.75, 3.05) is 0 Å². The van der Waals surface area contributed by atoms with E-state index in [-0.39, 0.29) is 5.92 Å². The second-order valence-electron chi connectivity index (χ2n) is 7.96. The largest absolute Gasteiger partial charge is 0.422 e. The van der Waals surface area contributed by atoms with Gasteiger partial charge in [-0.15, -0.1) is 0 Å². The molecule has 0 radical (unpaired) electrons. The topological polar surface area (TPSA) is 0 Å². The predicted molar refractivity (Wildman–Crippen MR) is 96.5 cm³/mol. The molecular weight excluding hydrogens is 383 g/mol. The van der Waals surface area contributed by atoms with Crippen molar-refractivity contribution in [3.8, 4) is 0 Å². The number of halogens is 6. The molecule has 150 valence electrons. The zero-order valence-corrected chi connectivity index (χ0v) is 15.8. The molecule has 27 heavy (non-hydrogen) atoms. The van der Waals surface area contributed by atoms with Gasteiger partial charge in [0.2, 0.25) is 0 Å². The predicted octanol–water partition coefficient (Wildman–Crippen LogP) is 7.82. The summed E-state index contributed by atoms with van der Waals surface area (Å²) in [7, 11) is 0. The summed E-state index contributed by atoms with van der Waals surface area (Å²) in [6.07, 6.45) is 5.16. The second-order valence-corrected chi connectivity index (χ2v) is 8.21. The van der Waals surface area contributed by atoms with E-state index in [1.807, 2.05) is 0 Å². The summed E-state index contributed by atoms with van der Waals surface area (Å²) in [5.41, 5.74) is 0.161. The maximum absolute atomic E-state index is 13.9. The van der Waals surface area contributed by atoms with Gasteiger partial charge in [0.05, 0.1) is 0 Å². The van der Waals surface area contributed by atoms with Crippen molar-refractivity contribution in [2.24, 2.45) is 17.8 Å². The standard InChI is InChI=1S/C21H24ClF5/c22-10-9-13-1-3-14(4-2-13)15-5-7-16(8-6-15)17-11-18(23)20(19(24)12-17)21(25,26)27/h9-16H,1-8H2. The molecule has 2 aliphatic rings. The lowest BCUT2D eigenvalue weighted by Crippen LogP contribution is -2.25. The number of allylic oxidation sites excluding steroid dienone is 1. The molecule has 1 aromatic carbocycles. The third-order valence-electron chi connectivity index (χ3n) is 6.42. The number of benzene rings is 1. The van der Waals surface area contributed by atoms with E-state index < -0.39 is 23.4 Å². The molecule has 0 unspecified atom stereocenters. The van der Waals surface area contributed by atoms with Gasteiger partial charge in [-0.1, -0.05) is 17.7 Å². The molecule has 0 saturated heterocycles. The molecule has 2 fully saturated rings. The fourth-order valence-corrected chi connectivity index (χ4v) is 5.14. The average Bonchev–Trinajstić information content (AvgIpc) is 2.61. The van der Waals surface area contributed by atoms with E-state index in [1.165, 1.54) is 12.8 Å². The minimum absolute atomic E-state index is 0.0666. The van der Waals surface area contributed by atoms with Crippen molar-refractivity contribution in [3.63, 3.8) is 0 Å². The Morgan fingerprint density at radius 3 is 1.74 bits per heavy atom. The Hall–Kier alpha value is -1.10. The van der Waals surface area contributed by atoms with Crippen LogP contribution < -0.4 is 0 Å². The van der Waals surface area contributed by atoms with Gasteiger partial charge in [0.1, 0.15) is 17.2 Å². The van der Waals surface area contributed by atoms with Crippen LogP contribution in [0.3, 0.4) is 0 Å². The van der Waals surface area contributed by atoms with Crippen LogP contribution in [0.15, 0.2) is 23.7 Å². The molecule has 3 rings (SSSR count). The first-order valence-electron chi connectivity index (χ1n) is 9.62. The van der Waals surface area contributed by atoms with Crippen molar-refractivity contribution in [3.05, 3.63) is 46.5 Å². The van der Waals surface area contributed by atoms with Crippen LogP contribution >= 0.6 is 11.6 Å². The van der Waals surface area contributed by atoms with Gasteiger partial charge in [0.15, 0.2) is 0 Å². The summed E-state index contributed by atoms with van der Waals surface area (Å²) in [5.74, 6) is -1.25. The van der Waals surface area contributed by atoms with Crippen LogP contribution in [0, 0.1) is 29.4 Å². The van der Waals surface area contributed by atoms with Crippen LogP contribution in [-0.4, -0.2) is 0 Å². The molecule has 1 aromatic rings. The molecule has 2 saturated carbocycles. The van der Waals surface area contributed by atoms with Crippen molar-refractivity contribution >= 4 is 11.6 Å². The van der Waals surface area contributed by atoms with Crippen LogP contribution in [0.2, 0.25) is 0 Å². The summed E-state index contributed by atoms with van der Waals surface area (Å²) in [6, 6.07) is 1.75. The fraction of sp³-hybridized carbons (Fsp3) is 0.619. The maximum atomic E-state index is 13.9. The van der Waals surface area contributed by atoms with Gasteiger partial charge in [-0.2, -0.15) is 13.2 Å². The lowest BCUT2D eigenvalue weighted by atomic mass is 9.68. The number of hydrogen-bond donors (Lipinski definition) is 0. The highest BCUT2D eigenvalue weighted by atomic mass is 35.5. The zero-order valence-electron chi connectivity index (χ0n) is 15.0. The third kappa shape index (κ3) is 4.85. The van der Waals surface area contributed by atoms with Gasteiger partial charge in [-0.05, 0) is 92.7 Å². The molecule has 0 aliphatic heterocycles. The quantitative estimate of drug-likeness (QED) is 0.449. The molecule has 6 heteroatoms. The van der Waals surface area contributed by atoms with Crippen LogP contribution in [0.1, 0.15) is 68.4 Å². The van der Waals surface area contributed by atoms with Gasteiger partial charge >= 0.3 is 6.18 Å². The van der Waals surface area contributed by atoms with Gasteiger partial charge in [0, 0.05) is 5.54 Å².